The molecular formula is C15H21BrN2O3. The van der Waals surface area contributed by atoms with E-state index in [1.165, 1.54) is 0 Å². The molecule has 5 nitrogen and oxygen atoms in total. The average Bonchev–Trinajstić information content (AvgIpc) is 2.39. The standard InChI is InChI=1S/C15H21BrN2O3/c1-15(2,6-5-13(19)20)7-8-18-14(21)10-3-4-12(17)11(16)9-10/h3-4,9H,5-8,17H2,1-2H3,(H,18,21)(H,19,20). The van der Waals surface area contributed by atoms with Crippen LogP contribution in [0.4, 0.5) is 5.69 Å². The highest BCUT2D eigenvalue weighted by atomic mass is 79.9. The van der Waals surface area contributed by atoms with Crippen LogP contribution >= 0.6 is 15.9 Å². The Balaban J connectivity index is 2.46. The van der Waals surface area contributed by atoms with E-state index in [9.17, 15) is 9.59 Å². The number of carbonyl (C=O) groups is 2. The van der Waals surface area contributed by atoms with Crippen LogP contribution in [0.5, 0.6) is 0 Å². The number of benzene rings is 1. The van der Waals surface area contributed by atoms with Gasteiger partial charge in [0.2, 0.25) is 0 Å². The Kier molecular flexibility index (Phi) is 6.20. The number of anilines is 1. The molecule has 0 saturated heterocycles. The Labute approximate surface area is 133 Å². The van der Waals surface area contributed by atoms with Crippen LogP contribution in [0.15, 0.2) is 22.7 Å². The van der Waals surface area contributed by atoms with E-state index >= 15 is 0 Å². The highest BCUT2D eigenvalue weighted by Gasteiger charge is 2.19. The number of nitrogens with one attached hydrogen (secondary N) is 1. The Morgan fingerprint density at radius 1 is 1.33 bits per heavy atom. The fourth-order valence-electron chi connectivity index (χ4n) is 1.86. The maximum absolute atomic E-state index is 12.0. The zero-order valence-corrected chi connectivity index (χ0v) is 13.9. The largest absolute Gasteiger partial charge is 0.481 e. The SMILES string of the molecule is CC(C)(CCNC(=O)c1ccc(N)c(Br)c1)CCC(=O)O. The summed E-state index contributed by atoms with van der Waals surface area (Å²) in [5, 5.41) is 11.5. The molecule has 0 unspecified atom stereocenters. The third kappa shape index (κ3) is 6.16. The summed E-state index contributed by atoms with van der Waals surface area (Å²) >= 11 is 3.29. The first-order chi connectivity index (χ1) is 9.71. The van der Waals surface area contributed by atoms with Crippen molar-refractivity contribution in [1.82, 2.24) is 5.32 Å². The summed E-state index contributed by atoms with van der Waals surface area (Å²) in [5.74, 6) is -0.955. The van der Waals surface area contributed by atoms with E-state index in [2.05, 4.69) is 21.2 Å². The molecule has 6 heteroatoms. The minimum Gasteiger partial charge on any atom is -0.481 e. The van der Waals surface area contributed by atoms with Crippen LogP contribution in [0.25, 0.3) is 0 Å². The summed E-state index contributed by atoms with van der Waals surface area (Å²) < 4.78 is 0.692. The van der Waals surface area contributed by atoms with E-state index in [0.717, 1.165) is 6.42 Å². The van der Waals surface area contributed by atoms with Crippen LogP contribution in [0, 0.1) is 5.41 Å². The summed E-state index contributed by atoms with van der Waals surface area (Å²) in [6.07, 6.45) is 1.46. The van der Waals surface area contributed by atoms with Gasteiger partial charge in [-0.15, -0.1) is 0 Å². The normalized spacial score (nSPS) is 11.2. The van der Waals surface area contributed by atoms with Gasteiger partial charge in [0.15, 0.2) is 0 Å². The molecule has 21 heavy (non-hydrogen) atoms. The van der Waals surface area contributed by atoms with Crippen LogP contribution < -0.4 is 11.1 Å². The number of nitrogen functional groups attached to an aromatic ring is 1. The van der Waals surface area contributed by atoms with E-state index in [1.807, 2.05) is 13.8 Å². The van der Waals surface area contributed by atoms with Crippen LogP contribution in [0.1, 0.15) is 43.5 Å². The highest BCUT2D eigenvalue weighted by molar-refractivity contribution is 9.10. The van der Waals surface area contributed by atoms with Crippen molar-refractivity contribution in [3.05, 3.63) is 28.2 Å². The lowest BCUT2D eigenvalue weighted by molar-refractivity contribution is -0.137. The number of carboxylic acids is 1. The van der Waals surface area contributed by atoms with Crippen molar-refractivity contribution < 1.29 is 14.7 Å². The van der Waals surface area contributed by atoms with Crippen molar-refractivity contribution in [1.29, 1.82) is 0 Å². The van der Waals surface area contributed by atoms with E-state index in [-0.39, 0.29) is 17.7 Å². The van der Waals surface area contributed by atoms with Gasteiger partial charge >= 0.3 is 5.97 Å². The van der Waals surface area contributed by atoms with Crippen molar-refractivity contribution in [2.75, 3.05) is 12.3 Å². The van der Waals surface area contributed by atoms with E-state index in [0.29, 0.717) is 28.7 Å². The number of amides is 1. The molecule has 0 spiro atoms. The number of carboxylic acid groups (broad SMARTS) is 1. The second-order valence-electron chi connectivity index (χ2n) is 5.80. The number of rotatable bonds is 7. The van der Waals surface area contributed by atoms with Gasteiger partial charge in [-0.25, -0.2) is 0 Å². The molecule has 0 aliphatic carbocycles. The minimum absolute atomic E-state index is 0.118. The van der Waals surface area contributed by atoms with Gasteiger partial charge in [0.05, 0.1) is 0 Å². The third-order valence-corrected chi connectivity index (χ3v) is 4.05. The molecule has 0 aromatic heterocycles. The van der Waals surface area contributed by atoms with Crippen molar-refractivity contribution in [2.24, 2.45) is 5.41 Å². The van der Waals surface area contributed by atoms with Crippen LogP contribution in [-0.2, 0) is 4.79 Å². The number of aliphatic carboxylic acids is 1. The quantitative estimate of drug-likeness (QED) is 0.654. The van der Waals surface area contributed by atoms with Crippen molar-refractivity contribution in [2.45, 2.75) is 33.1 Å². The van der Waals surface area contributed by atoms with Crippen molar-refractivity contribution in [3.63, 3.8) is 0 Å². The van der Waals surface area contributed by atoms with Gasteiger partial charge < -0.3 is 16.2 Å². The lowest BCUT2D eigenvalue weighted by atomic mass is 9.84. The van der Waals surface area contributed by atoms with Gasteiger partial charge in [0.1, 0.15) is 0 Å². The zero-order valence-electron chi connectivity index (χ0n) is 12.3. The topological polar surface area (TPSA) is 92.4 Å². The first-order valence-corrected chi connectivity index (χ1v) is 7.55. The maximum atomic E-state index is 12.0. The van der Waals surface area contributed by atoms with E-state index in [1.54, 1.807) is 18.2 Å². The summed E-state index contributed by atoms with van der Waals surface area (Å²) in [7, 11) is 0. The molecule has 0 saturated carbocycles. The van der Waals surface area contributed by atoms with Gasteiger partial charge in [0, 0.05) is 28.7 Å². The molecule has 0 radical (unpaired) electrons. The highest BCUT2D eigenvalue weighted by Crippen LogP contribution is 2.26. The number of carbonyl (C=O) groups excluding carboxylic acids is 1. The predicted octanol–water partition coefficient (Wildman–Crippen LogP) is 3.04. The van der Waals surface area contributed by atoms with Gasteiger partial charge in [-0.1, -0.05) is 13.8 Å². The lowest BCUT2D eigenvalue weighted by Gasteiger charge is -2.23. The predicted molar refractivity (Wildman–Crippen MR) is 86.2 cm³/mol. The van der Waals surface area contributed by atoms with E-state index in [4.69, 9.17) is 10.8 Å². The van der Waals surface area contributed by atoms with Crippen LogP contribution in [-0.4, -0.2) is 23.5 Å². The second-order valence-corrected chi connectivity index (χ2v) is 6.65. The Morgan fingerprint density at radius 3 is 2.57 bits per heavy atom. The molecule has 1 aromatic carbocycles. The third-order valence-electron chi connectivity index (χ3n) is 3.37. The molecule has 0 aliphatic heterocycles. The van der Waals surface area contributed by atoms with Crippen LogP contribution in [0.3, 0.4) is 0 Å². The number of hydrogen-bond donors (Lipinski definition) is 3. The van der Waals surface area contributed by atoms with Gasteiger partial charge in [-0.2, -0.15) is 0 Å². The average molecular weight is 357 g/mol. The lowest BCUT2D eigenvalue weighted by Crippen LogP contribution is -2.28. The molecule has 0 aliphatic rings. The molecule has 0 fully saturated rings. The van der Waals surface area contributed by atoms with Crippen LogP contribution in [0.2, 0.25) is 0 Å². The number of hydrogen-bond acceptors (Lipinski definition) is 3. The first kappa shape index (κ1) is 17.5. The molecule has 4 N–H and O–H groups in total. The smallest absolute Gasteiger partial charge is 0.303 e. The molecule has 1 rings (SSSR count). The zero-order chi connectivity index (χ0) is 16.0. The Bertz CT molecular complexity index is 530. The maximum Gasteiger partial charge on any atom is 0.303 e. The Morgan fingerprint density at radius 2 is 2.00 bits per heavy atom. The number of halogens is 1. The molecule has 0 atom stereocenters. The fourth-order valence-corrected chi connectivity index (χ4v) is 2.23. The van der Waals surface area contributed by atoms with Gasteiger partial charge in [-0.05, 0) is 52.4 Å². The summed E-state index contributed by atoms with van der Waals surface area (Å²) in [6.45, 7) is 4.51. The molecule has 116 valence electrons. The molecule has 1 aromatic rings. The van der Waals surface area contributed by atoms with Gasteiger partial charge in [-0.3, -0.25) is 9.59 Å². The minimum atomic E-state index is -0.793. The van der Waals surface area contributed by atoms with Crippen molar-refractivity contribution in [3.8, 4) is 0 Å². The monoisotopic (exact) mass is 356 g/mol. The second kappa shape index (κ2) is 7.45. The Hall–Kier alpha value is -1.56. The molecular weight excluding hydrogens is 336 g/mol. The van der Waals surface area contributed by atoms with Gasteiger partial charge in [0.25, 0.3) is 5.91 Å². The molecule has 0 heterocycles. The fraction of sp³-hybridized carbons (Fsp3) is 0.467. The molecule has 0 bridgehead atoms. The summed E-state index contributed by atoms with van der Waals surface area (Å²) in [5.41, 5.74) is 6.69. The summed E-state index contributed by atoms with van der Waals surface area (Å²) in [6, 6.07) is 5.03. The molecule has 1 amide bonds. The summed E-state index contributed by atoms with van der Waals surface area (Å²) in [4.78, 5) is 22.6. The van der Waals surface area contributed by atoms with E-state index < -0.39 is 5.97 Å². The van der Waals surface area contributed by atoms with Crippen molar-refractivity contribution >= 4 is 33.5 Å². The number of nitrogens with two attached hydrogens (primary N) is 1. The first-order valence-electron chi connectivity index (χ1n) is 6.76.